The van der Waals surface area contributed by atoms with E-state index in [0.717, 1.165) is 36.3 Å². The summed E-state index contributed by atoms with van der Waals surface area (Å²) in [6.07, 6.45) is -2.51. The second-order valence-corrected chi connectivity index (χ2v) is 6.11. The quantitative estimate of drug-likeness (QED) is 0.871. The van der Waals surface area contributed by atoms with Gasteiger partial charge in [0.25, 0.3) is 5.91 Å². The maximum absolute atomic E-state index is 12.7. The molecule has 1 aliphatic heterocycles. The van der Waals surface area contributed by atoms with Crippen molar-refractivity contribution in [3.8, 4) is 0 Å². The van der Waals surface area contributed by atoms with Crippen LogP contribution in [0.2, 0.25) is 0 Å². The summed E-state index contributed by atoms with van der Waals surface area (Å²) in [6, 6.07) is 3.41. The van der Waals surface area contributed by atoms with E-state index in [1.807, 2.05) is 0 Å². The van der Waals surface area contributed by atoms with Crippen LogP contribution in [0.4, 0.5) is 18.9 Å². The zero-order valence-corrected chi connectivity index (χ0v) is 11.9. The van der Waals surface area contributed by atoms with E-state index in [1.165, 1.54) is 6.07 Å². The Kier molecular flexibility index (Phi) is 3.32. The van der Waals surface area contributed by atoms with E-state index in [0.29, 0.717) is 28.1 Å². The zero-order valence-electron chi connectivity index (χ0n) is 11.0. The van der Waals surface area contributed by atoms with Gasteiger partial charge in [0.15, 0.2) is 0 Å². The normalized spacial score (nSPS) is 15.9. The van der Waals surface area contributed by atoms with E-state index < -0.39 is 11.7 Å². The first-order valence-electron chi connectivity index (χ1n) is 6.56. The summed E-state index contributed by atoms with van der Waals surface area (Å²) < 4.78 is 38.8. The van der Waals surface area contributed by atoms with Crippen molar-refractivity contribution in [3.63, 3.8) is 0 Å². The first kappa shape index (κ1) is 14.2. The molecule has 3 rings (SSSR count). The average Bonchev–Trinajstić information content (AvgIpc) is 3.05. The lowest BCUT2D eigenvalue weighted by Crippen LogP contribution is -2.27. The minimum absolute atomic E-state index is 0.151. The molecule has 1 aliphatic rings. The van der Waals surface area contributed by atoms with Crippen LogP contribution in [-0.4, -0.2) is 23.9 Å². The zero-order chi connectivity index (χ0) is 15.2. The molecule has 0 bridgehead atoms. The number of rotatable bonds is 1. The van der Waals surface area contributed by atoms with Crippen molar-refractivity contribution in [2.24, 2.45) is 0 Å². The Hall–Kier alpha value is -1.76. The van der Waals surface area contributed by atoms with E-state index in [-0.39, 0.29) is 11.6 Å². The van der Waals surface area contributed by atoms with Crippen LogP contribution in [-0.2, 0) is 6.18 Å². The summed E-state index contributed by atoms with van der Waals surface area (Å²) in [7, 11) is 0. The van der Waals surface area contributed by atoms with E-state index in [9.17, 15) is 18.0 Å². The van der Waals surface area contributed by atoms with E-state index >= 15 is 0 Å². The molecular formula is C14H13F3N2OS. The van der Waals surface area contributed by atoms with Crippen LogP contribution in [0.5, 0.6) is 0 Å². The minimum Gasteiger partial charge on any atom is -0.397 e. The molecular weight excluding hydrogens is 301 g/mol. The van der Waals surface area contributed by atoms with E-state index in [2.05, 4.69) is 0 Å². The summed E-state index contributed by atoms with van der Waals surface area (Å²) >= 11 is 1.15. The maximum atomic E-state index is 12.7. The number of anilines is 1. The number of carbonyl (C=O) groups excluding carboxylic acids is 1. The Bertz CT molecular complexity index is 702. The third-order valence-corrected chi connectivity index (χ3v) is 4.82. The molecule has 0 unspecified atom stereocenters. The van der Waals surface area contributed by atoms with Crippen molar-refractivity contribution in [1.82, 2.24) is 4.90 Å². The van der Waals surface area contributed by atoms with Crippen LogP contribution in [0, 0.1) is 0 Å². The van der Waals surface area contributed by atoms with Gasteiger partial charge in [0.1, 0.15) is 4.88 Å². The standard InChI is InChI=1S/C14H13F3N2OS/c15-14(16,17)8-3-4-10-9(7-8)11(18)12(21-10)13(20)19-5-1-2-6-19/h3-4,7H,1-2,5-6,18H2. The molecule has 0 aliphatic carbocycles. The molecule has 2 N–H and O–H groups in total. The monoisotopic (exact) mass is 314 g/mol. The number of likely N-dealkylation sites (tertiary alicyclic amines) is 1. The first-order valence-corrected chi connectivity index (χ1v) is 7.38. The number of thiophene rings is 1. The largest absolute Gasteiger partial charge is 0.416 e. The molecule has 1 fully saturated rings. The number of nitrogens with two attached hydrogens (primary N) is 1. The van der Waals surface area contributed by atoms with Gasteiger partial charge in [0.05, 0.1) is 11.3 Å². The summed E-state index contributed by atoms with van der Waals surface area (Å²) in [4.78, 5) is 14.4. The van der Waals surface area contributed by atoms with Crippen molar-refractivity contribution >= 4 is 33.0 Å². The van der Waals surface area contributed by atoms with Crippen LogP contribution in [0.3, 0.4) is 0 Å². The highest BCUT2D eigenvalue weighted by molar-refractivity contribution is 7.21. The summed E-state index contributed by atoms with van der Waals surface area (Å²) in [5, 5.41) is 0.303. The average molecular weight is 314 g/mol. The van der Waals surface area contributed by atoms with Gasteiger partial charge >= 0.3 is 6.18 Å². The molecule has 1 aromatic carbocycles. The summed E-state index contributed by atoms with van der Waals surface area (Å²) in [5.41, 5.74) is 5.32. The van der Waals surface area contributed by atoms with Crippen molar-refractivity contribution < 1.29 is 18.0 Å². The third kappa shape index (κ3) is 2.46. The van der Waals surface area contributed by atoms with E-state index in [4.69, 9.17) is 5.73 Å². The smallest absolute Gasteiger partial charge is 0.397 e. The number of hydrogen-bond acceptors (Lipinski definition) is 3. The number of fused-ring (bicyclic) bond motifs is 1. The van der Waals surface area contributed by atoms with Crippen molar-refractivity contribution in [2.45, 2.75) is 19.0 Å². The molecule has 1 aromatic heterocycles. The van der Waals surface area contributed by atoms with Gasteiger partial charge in [-0.2, -0.15) is 13.2 Å². The first-order chi connectivity index (χ1) is 9.88. The molecule has 112 valence electrons. The molecule has 0 spiro atoms. The second kappa shape index (κ2) is 4.91. The number of hydrogen-bond donors (Lipinski definition) is 1. The highest BCUT2D eigenvalue weighted by Crippen LogP contribution is 2.39. The summed E-state index contributed by atoms with van der Waals surface area (Å²) in [6.45, 7) is 1.36. The second-order valence-electron chi connectivity index (χ2n) is 5.05. The van der Waals surface area contributed by atoms with Crippen LogP contribution < -0.4 is 5.73 Å². The molecule has 0 saturated carbocycles. The molecule has 2 heterocycles. The van der Waals surface area contributed by atoms with Crippen LogP contribution >= 0.6 is 11.3 Å². The van der Waals surface area contributed by atoms with Crippen molar-refractivity contribution in [1.29, 1.82) is 0 Å². The predicted molar refractivity (Wildman–Crippen MR) is 76.4 cm³/mol. The Morgan fingerprint density at radius 2 is 1.90 bits per heavy atom. The van der Waals surface area contributed by atoms with Gasteiger partial charge in [-0.3, -0.25) is 4.79 Å². The molecule has 0 atom stereocenters. The lowest BCUT2D eigenvalue weighted by atomic mass is 10.1. The number of carbonyl (C=O) groups is 1. The molecule has 2 aromatic rings. The minimum atomic E-state index is -4.41. The predicted octanol–water partition coefficient (Wildman–Crippen LogP) is 3.74. The molecule has 0 radical (unpaired) electrons. The van der Waals surface area contributed by atoms with Crippen molar-refractivity contribution in [2.75, 3.05) is 18.8 Å². The summed E-state index contributed by atoms with van der Waals surface area (Å²) in [5.74, 6) is -0.181. The SMILES string of the molecule is Nc1c(C(=O)N2CCCC2)sc2ccc(C(F)(F)F)cc12. The molecule has 7 heteroatoms. The topological polar surface area (TPSA) is 46.3 Å². The van der Waals surface area contributed by atoms with Gasteiger partial charge in [0.2, 0.25) is 0 Å². The maximum Gasteiger partial charge on any atom is 0.416 e. The van der Waals surface area contributed by atoms with E-state index in [1.54, 1.807) is 4.90 Å². The van der Waals surface area contributed by atoms with Gasteiger partial charge < -0.3 is 10.6 Å². The fourth-order valence-electron chi connectivity index (χ4n) is 2.52. The van der Waals surface area contributed by atoms with Gasteiger partial charge in [-0.1, -0.05) is 0 Å². The fraction of sp³-hybridized carbons (Fsp3) is 0.357. The third-order valence-electron chi connectivity index (χ3n) is 3.64. The number of benzene rings is 1. The Balaban J connectivity index is 2.05. The lowest BCUT2D eigenvalue weighted by Gasteiger charge is -2.14. The van der Waals surface area contributed by atoms with Crippen molar-refractivity contribution in [3.05, 3.63) is 28.6 Å². The highest BCUT2D eigenvalue weighted by Gasteiger charge is 2.31. The highest BCUT2D eigenvalue weighted by atomic mass is 32.1. The Labute approximate surface area is 123 Å². The molecule has 3 nitrogen and oxygen atoms in total. The number of alkyl halides is 3. The number of halogens is 3. The van der Waals surface area contributed by atoms with Gasteiger partial charge in [-0.15, -0.1) is 11.3 Å². The number of nitrogens with zero attached hydrogens (tertiary/aromatic N) is 1. The molecule has 1 amide bonds. The number of nitrogen functional groups attached to an aromatic ring is 1. The van der Waals surface area contributed by atoms with Crippen LogP contribution in [0.15, 0.2) is 18.2 Å². The molecule has 1 saturated heterocycles. The van der Waals surface area contributed by atoms with Crippen LogP contribution in [0.25, 0.3) is 10.1 Å². The fourth-order valence-corrected chi connectivity index (χ4v) is 3.59. The lowest BCUT2D eigenvalue weighted by molar-refractivity contribution is -0.137. The van der Waals surface area contributed by atoms with Gasteiger partial charge in [-0.05, 0) is 31.0 Å². The Morgan fingerprint density at radius 1 is 1.24 bits per heavy atom. The van der Waals surface area contributed by atoms with Gasteiger partial charge in [-0.25, -0.2) is 0 Å². The number of amides is 1. The Morgan fingerprint density at radius 3 is 2.52 bits per heavy atom. The molecule has 21 heavy (non-hydrogen) atoms. The van der Waals surface area contributed by atoms with Crippen LogP contribution in [0.1, 0.15) is 28.1 Å². The van der Waals surface area contributed by atoms with Gasteiger partial charge in [0, 0.05) is 23.2 Å².